The first-order valence-corrected chi connectivity index (χ1v) is 9.92. The standard InChI is InChI=1S/C21H33N3O/c1-17-8-12-23(13-9-17)16-21(25)22-20-10-14-24(15-11-20)18(2)19-6-4-3-5-7-19/h3-7,17-18,20H,8-16H2,1-2H3,(H,22,25)/t18-/m1/s1. The molecule has 1 N–H and O–H groups in total. The van der Waals surface area contributed by atoms with E-state index in [4.69, 9.17) is 0 Å². The van der Waals surface area contributed by atoms with Gasteiger partial charge < -0.3 is 5.32 Å². The van der Waals surface area contributed by atoms with Gasteiger partial charge in [0.25, 0.3) is 0 Å². The zero-order chi connectivity index (χ0) is 17.6. The fraction of sp³-hybridized carbons (Fsp3) is 0.667. The van der Waals surface area contributed by atoms with Gasteiger partial charge in [-0.25, -0.2) is 0 Å². The maximum absolute atomic E-state index is 12.3. The number of hydrogen-bond acceptors (Lipinski definition) is 3. The van der Waals surface area contributed by atoms with Crippen LogP contribution in [0.3, 0.4) is 0 Å². The van der Waals surface area contributed by atoms with Crippen molar-refractivity contribution in [1.29, 1.82) is 0 Å². The summed E-state index contributed by atoms with van der Waals surface area (Å²) in [4.78, 5) is 17.2. The Labute approximate surface area is 152 Å². The van der Waals surface area contributed by atoms with E-state index >= 15 is 0 Å². The Morgan fingerprint density at radius 1 is 1.08 bits per heavy atom. The minimum atomic E-state index is 0.212. The lowest BCUT2D eigenvalue weighted by atomic mass is 9.99. The summed E-state index contributed by atoms with van der Waals surface area (Å²) in [6.45, 7) is 9.42. The minimum Gasteiger partial charge on any atom is -0.352 e. The molecule has 2 fully saturated rings. The predicted octanol–water partition coefficient (Wildman–Crippen LogP) is 3.06. The SMILES string of the molecule is CC1CCN(CC(=O)NC2CCN([C@H](C)c3ccccc3)CC2)CC1. The van der Waals surface area contributed by atoms with Gasteiger partial charge in [0.1, 0.15) is 0 Å². The fourth-order valence-corrected chi connectivity index (χ4v) is 4.07. The van der Waals surface area contributed by atoms with Crippen molar-refractivity contribution in [3.05, 3.63) is 35.9 Å². The van der Waals surface area contributed by atoms with Crippen LogP contribution in [-0.2, 0) is 4.79 Å². The molecule has 2 saturated heterocycles. The Kier molecular flexibility index (Phi) is 6.49. The lowest BCUT2D eigenvalue weighted by Crippen LogP contribution is -2.48. The molecule has 0 aromatic heterocycles. The third kappa shape index (κ3) is 5.29. The van der Waals surface area contributed by atoms with Crippen molar-refractivity contribution < 1.29 is 4.79 Å². The van der Waals surface area contributed by atoms with Gasteiger partial charge in [-0.15, -0.1) is 0 Å². The molecule has 0 unspecified atom stereocenters. The molecular weight excluding hydrogens is 310 g/mol. The van der Waals surface area contributed by atoms with Gasteiger partial charge in [-0.3, -0.25) is 14.6 Å². The van der Waals surface area contributed by atoms with Crippen LogP contribution in [0.25, 0.3) is 0 Å². The molecule has 4 heteroatoms. The summed E-state index contributed by atoms with van der Waals surface area (Å²) >= 11 is 0. The second kappa shape index (κ2) is 8.81. The van der Waals surface area contributed by atoms with Gasteiger partial charge in [0.2, 0.25) is 5.91 Å². The highest BCUT2D eigenvalue weighted by atomic mass is 16.2. The summed E-state index contributed by atoms with van der Waals surface area (Å²) < 4.78 is 0. The average Bonchev–Trinajstić information content (AvgIpc) is 2.64. The third-order valence-electron chi connectivity index (χ3n) is 5.97. The number of carbonyl (C=O) groups is 1. The molecule has 1 amide bonds. The Balaban J connectivity index is 1.39. The van der Waals surface area contributed by atoms with Crippen LogP contribution in [0.15, 0.2) is 30.3 Å². The summed E-state index contributed by atoms with van der Waals surface area (Å²) in [5, 5.41) is 3.27. The van der Waals surface area contributed by atoms with E-state index in [0.29, 0.717) is 18.6 Å². The van der Waals surface area contributed by atoms with E-state index in [9.17, 15) is 4.79 Å². The number of nitrogens with one attached hydrogen (secondary N) is 1. The van der Waals surface area contributed by atoms with Gasteiger partial charge in [0, 0.05) is 25.2 Å². The summed E-state index contributed by atoms with van der Waals surface area (Å²) in [5.74, 6) is 1.03. The summed E-state index contributed by atoms with van der Waals surface area (Å²) in [6, 6.07) is 11.5. The number of hydrogen-bond donors (Lipinski definition) is 1. The first-order valence-electron chi connectivity index (χ1n) is 9.92. The molecule has 0 radical (unpaired) electrons. The zero-order valence-corrected chi connectivity index (χ0v) is 15.8. The van der Waals surface area contributed by atoms with E-state index < -0.39 is 0 Å². The Hall–Kier alpha value is -1.39. The molecule has 0 aliphatic carbocycles. The third-order valence-corrected chi connectivity index (χ3v) is 5.97. The molecular formula is C21H33N3O. The number of benzene rings is 1. The largest absolute Gasteiger partial charge is 0.352 e. The molecule has 25 heavy (non-hydrogen) atoms. The Bertz CT molecular complexity index is 531. The summed E-state index contributed by atoms with van der Waals surface area (Å²) in [7, 11) is 0. The molecule has 138 valence electrons. The topological polar surface area (TPSA) is 35.6 Å². The first-order chi connectivity index (χ1) is 12.1. The highest BCUT2D eigenvalue weighted by Crippen LogP contribution is 2.24. The van der Waals surface area contributed by atoms with Gasteiger partial charge in [-0.2, -0.15) is 0 Å². The minimum absolute atomic E-state index is 0.212. The number of piperidine rings is 2. The lowest BCUT2D eigenvalue weighted by molar-refractivity contribution is -0.123. The van der Waals surface area contributed by atoms with Gasteiger partial charge >= 0.3 is 0 Å². The fourth-order valence-electron chi connectivity index (χ4n) is 4.07. The first kappa shape index (κ1) is 18.4. The number of rotatable bonds is 5. The number of nitrogens with zero attached hydrogens (tertiary/aromatic N) is 2. The molecule has 1 aromatic rings. The Morgan fingerprint density at radius 3 is 2.36 bits per heavy atom. The molecule has 0 bridgehead atoms. The Morgan fingerprint density at radius 2 is 1.72 bits per heavy atom. The van der Waals surface area contributed by atoms with Crippen LogP contribution >= 0.6 is 0 Å². The van der Waals surface area contributed by atoms with Crippen LogP contribution in [0.5, 0.6) is 0 Å². The highest BCUT2D eigenvalue weighted by molar-refractivity contribution is 5.78. The van der Waals surface area contributed by atoms with E-state index in [2.05, 4.69) is 59.3 Å². The van der Waals surface area contributed by atoms with Gasteiger partial charge in [0.15, 0.2) is 0 Å². The van der Waals surface area contributed by atoms with Crippen LogP contribution < -0.4 is 5.32 Å². The number of carbonyl (C=O) groups excluding carboxylic acids is 1. The smallest absolute Gasteiger partial charge is 0.234 e. The average molecular weight is 344 g/mol. The molecule has 1 aromatic carbocycles. The summed E-state index contributed by atoms with van der Waals surface area (Å²) in [5.41, 5.74) is 1.38. The number of amides is 1. The van der Waals surface area contributed by atoms with Crippen molar-refractivity contribution in [2.24, 2.45) is 5.92 Å². The van der Waals surface area contributed by atoms with Crippen molar-refractivity contribution in [2.75, 3.05) is 32.7 Å². The second-order valence-corrected chi connectivity index (χ2v) is 7.92. The van der Waals surface area contributed by atoms with Crippen molar-refractivity contribution in [1.82, 2.24) is 15.1 Å². The molecule has 1 atom stereocenters. The molecule has 4 nitrogen and oxygen atoms in total. The van der Waals surface area contributed by atoms with E-state index in [0.717, 1.165) is 44.9 Å². The molecule has 3 rings (SSSR count). The quantitative estimate of drug-likeness (QED) is 0.892. The van der Waals surface area contributed by atoms with Crippen LogP contribution in [0.4, 0.5) is 0 Å². The van der Waals surface area contributed by atoms with Crippen LogP contribution in [0.1, 0.15) is 51.1 Å². The highest BCUT2D eigenvalue weighted by Gasteiger charge is 2.25. The van der Waals surface area contributed by atoms with Crippen LogP contribution in [0.2, 0.25) is 0 Å². The monoisotopic (exact) mass is 343 g/mol. The van der Waals surface area contributed by atoms with E-state index in [1.807, 2.05) is 0 Å². The molecule has 0 saturated carbocycles. The van der Waals surface area contributed by atoms with Gasteiger partial charge in [-0.05, 0) is 57.2 Å². The van der Waals surface area contributed by atoms with E-state index in [1.165, 1.54) is 18.4 Å². The zero-order valence-electron chi connectivity index (χ0n) is 15.8. The van der Waals surface area contributed by atoms with Crippen LogP contribution in [-0.4, -0.2) is 54.5 Å². The van der Waals surface area contributed by atoms with Crippen molar-refractivity contribution in [2.45, 2.75) is 51.6 Å². The van der Waals surface area contributed by atoms with Crippen molar-refractivity contribution >= 4 is 5.91 Å². The van der Waals surface area contributed by atoms with Crippen LogP contribution in [0, 0.1) is 5.92 Å². The predicted molar refractivity (Wildman–Crippen MR) is 102 cm³/mol. The summed E-state index contributed by atoms with van der Waals surface area (Å²) in [6.07, 6.45) is 4.56. The van der Waals surface area contributed by atoms with E-state index in [1.54, 1.807) is 0 Å². The van der Waals surface area contributed by atoms with Gasteiger partial charge in [0.05, 0.1) is 6.54 Å². The maximum Gasteiger partial charge on any atom is 0.234 e. The van der Waals surface area contributed by atoms with Crippen molar-refractivity contribution in [3.63, 3.8) is 0 Å². The molecule has 2 heterocycles. The maximum atomic E-state index is 12.3. The number of likely N-dealkylation sites (tertiary alicyclic amines) is 2. The molecule has 2 aliphatic rings. The molecule has 0 spiro atoms. The van der Waals surface area contributed by atoms with Crippen molar-refractivity contribution in [3.8, 4) is 0 Å². The normalized spacial score (nSPS) is 22.6. The second-order valence-electron chi connectivity index (χ2n) is 7.92. The van der Waals surface area contributed by atoms with E-state index in [-0.39, 0.29) is 5.91 Å². The van der Waals surface area contributed by atoms with Gasteiger partial charge in [-0.1, -0.05) is 37.3 Å². The molecule has 2 aliphatic heterocycles. The lowest BCUT2D eigenvalue weighted by Gasteiger charge is -2.37.